The highest BCUT2D eigenvalue weighted by atomic mass is 32.2. The van der Waals surface area contributed by atoms with Crippen LogP contribution >= 0.6 is 11.8 Å². The predicted octanol–water partition coefficient (Wildman–Crippen LogP) is 2.44. The van der Waals surface area contributed by atoms with Crippen LogP contribution < -0.4 is 10.6 Å². The Morgan fingerprint density at radius 1 is 1.38 bits per heavy atom. The molecule has 3 unspecified atom stereocenters. The molecule has 0 radical (unpaired) electrons. The molecule has 0 bridgehead atoms. The van der Waals surface area contributed by atoms with E-state index in [9.17, 15) is 23.5 Å². The molecule has 1 spiro atoms. The summed E-state index contributed by atoms with van der Waals surface area (Å²) >= 11 is 1.81. The maximum Gasteiger partial charge on any atom is 0.331 e. The molecule has 3 atom stereocenters. The Hall–Kier alpha value is -1.87. The van der Waals surface area contributed by atoms with Gasteiger partial charge in [-0.15, -0.1) is 0 Å². The molecule has 3 N–H and O–H groups in total. The van der Waals surface area contributed by atoms with E-state index in [1.54, 1.807) is 0 Å². The van der Waals surface area contributed by atoms with Gasteiger partial charge in [-0.1, -0.05) is 6.07 Å². The Morgan fingerprint density at radius 2 is 2.19 bits per heavy atom. The molecule has 2 fully saturated rings. The maximum absolute atomic E-state index is 13.9. The van der Waals surface area contributed by atoms with Crippen molar-refractivity contribution in [3.63, 3.8) is 0 Å². The lowest BCUT2D eigenvalue weighted by atomic mass is 9.90. The molecular formula is C17H20F2N2O4S. The summed E-state index contributed by atoms with van der Waals surface area (Å²) in [6.07, 6.45) is 2.22. The summed E-state index contributed by atoms with van der Waals surface area (Å²) in [4.78, 5) is 23.7. The number of nitrogens with one attached hydrogen (secondary N) is 2. The van der Waals surface area contributed by atoms with Crippen molar-refractivity contribution >= 4 is 23.8 Å². The molecule has 2 saturated heterocycles. The van der Waals surface area contributed by atoms with Gasteiger partial charge in [0.15, 0.2) is 6.04 Å². The number of carboxylic acid groups (broad SMARTS) is 1. The van der Waals surface area contributed by atoms with Crippen molar-refractivity contribution in [2.24, 2.45) is 0 Å². The molecular weight excluding hydrogens is 366 g/mol. The lowest BCUT2D eigenvalue weighted by Crippen LogP contribution is -2.52. The number of carboxylic acids is 1. The van der Waals surface area contributed by atoms with Crippen molar-refractivity contribution in [3.05, 3.63) is 35.4 Å². The van der Waals surface area contributed by atoms with E-state index in [-0.39, 0.29) is 17.2 Å². The van der Waals surface area contributed by atoms with Crippen LogP contribution in [0.1, 0.15) is 30.9 Å². The van der Waals surface area contributed by atoms with Crippen molar-refractivity contribution in [2.45, 2.75) is 36.9 Å². The zero-order chi connectivity index (χ0) is 18.7. The molecule has 2 aliphatic rings. The summed E-state index contributed by atoms with van der Waals surface area (Å²) in [5.41, 5.74) is -0.527. The standard InChI is InChI=1S/C17H20F2N2O4S/c18-10-1-2-12(13(19)7-10)14(15(22)23)21-16(24)20-11-3-5-25-17(8-11)4-6-26-9-17/h1-2,7,11,14H,3-6,8-9H2,(H,22,23)(H2,20,21,24). The molecule has 2 heterocycles. The summed E-state index contributed by atoms with van der Waals surface area (Å²) in [5, 5.41) is 14.3. The number of ether oxygens (including phenoxy) is 1. The van der Waals surface area contributed by atoms with Gasteiger partial charge in [0.1, 0.15) is 11.6 Å². The maximum atomic E-state index is 13.9. The van der Waals surface area contributed by atoms with Gasteiger partial charge in [0.05, 0.1) is 5.60 Å². The van der Waals surface area contributed by atoms with Crippen molar-refractivity contribution in [3.8, 4) is 0 Å². The molecule has 1 aromatic carbocycles. The first-order valence-electron chi connectivity index (χ1n) is 8.35. The number of hydrogen-bond donors (Lipinski definition) is 3. The smallest absolute Gasteiger partial charge is 0.331 e. The molecule has 9 heteroatoms. The lowest BCUT2D eigenvalue weighted by molar-refractivity contribution is -0.139. The SMILES string of the molecule is O=C(NC1CCOC2(CCSC2)C1)NC(C(=O)O)c1ccc(F)cc1F. The molecule has 26 heavy (non-hydrogen) atoms. The minimum atomic E-state index is -1.61. The fourth-order valence-electron chi connectivity index (χ4n) is 3.38. The van der Waals surface area contributed by atoms with Crippen LogP contribution in [0.2, 0.25) is 0 Å². The van der Waals surface area contributed by atoms with Crippen LogP contribution in [0.25, 0.3) is 0 Å². The number of halogens is 2. The number of carbonyl (C=O) groups is 2. The molecule has 0 aliphatic carbocycles. The second-order valence-corrected chi connectivity index (χ2v) is 7.68. The molecule has 142 valence electrons. The number of hydrogen-bond acceptors (Lipinski definition) is 4. The van der Waals surface area contributed by atoms with E-state index in [2.05, 4.69) is 10.6 Å². The first-order chi connectivity index (χ1) is 12.4. The minimum absolute atomic E-state index is 0.144. The van der Waals surface area contributed by atoms with E-state index < -0.39 is 29.7 Å². The van der Waals surface area contributed by atoms with Crippen molar-refractivity contribution in [1.82, 2.24) is 10.6 Å². The minimum Gasteiger partial charge on any atom is -0.479 e. The number of thioether (sulfide) groups is 1. The average molecular weight is 386 g/mol. The number of carbonyl (C=O) groups excluding carboxylic acids is 1. The lowest BCUT2D eigenvalue weighted by Gasteiger charge is -2.38. The quantitative estimate of drug-likeness (QED) is 0.740. The van der Waals surface area contributed by atoms with Gasteiger partial charge in [-0.25, -0.2) is 18.4 Å². The third-order valence-electron chi connectivity index (χ3n) is 4.69. The van der Waals surface area contributed by atoms with Gasteiger partial charge in [0.2, 0.25) is 0 Å². The van der Waals surface area contributed by atoms with Crippen LogP contribution in [0.15, 0.2) is 18.2 Å². The summed E-state index contributed by atoms with van der Waals surface area (Å²) in [7, 11) is 0. The van der Waals surface area contributed by atoms with Gasteiger partial charge in [-0.3, -0.25) is 0 Å². The summed E-state index contributed by atoms with van der Waals surface area (Å²) in [5.74, 6) is -1.37. The first kappa shape index (κ1) is 18.9. The van der Waals surface area contributed by atoms with Gasteiger partial charge in [0.25, 0.3) is 0 Å². The Morgan fingerprint density at radius 3 is 2.85 bits per heavy atom. The third-order valence-corrected chi connectivity index (χ3v) is 5.91. The van der Waals surface area contributed by atoms with Crippen LogP contribution in [0.3, 0.4) is 0 Å². The predicted molar refractivity (Wildman–Crippen MR) is 92.0 cm³/mol. The highest BCUT2D eigenvalue weighted by Gasteiger charge is 2.41. The summed E-state index contributed by atoms with van der Waals surface area (Å²) < 4.78 is 32.8. The third kappa shape index (κ3) is 4.27. The fourth-order valence-corrected chi connectivity index (χ4v) is 4.76. The first-order valence-corrected chi connectivity index (χ1v) is 9.50. The van der Waals surface area contributed by atoms with E-state index in [1.807, 2.05) is 11.8 Å². The van der Waals surface area contributed by atoms with E-state index in [0.29, 0.717) is 25.5 Å². The molecule has 6 nitrogen and oxygen atoms in total. The number of aliphatic carboxylic acids is 1. The largest absolute Gasteiger partial charge is 0.479 e. The van der Waals surface area contributed by atoms with Crippen LogP contribution in [0.4, 0.5) is 13.6 Å². The molecule has 0 saturated carbocycles. The average Bonchev–Trinajstić information content (AvgIpc) is 3.00. The molecule has 1 aromatic rings. The van der Waals surface area contributed by atoms with Gasteiger partial charge in [0, 0.05) is 30.0 Å². The topological polar surface area (TPSA) is 87.7 Å². The van der Waals surface area contributed by atoms with E-state index in [0.717, 1.165) is 30.1 Å². The second kappa shape index (κ2) is 7.79. The van der Waals surface area contributed by atoms with Crippen molar-refractivity contribution in [1.29, 1.82) is 0 Å². The van der Waals surface area contributed by atoms with Crippen molar-refractivity contribution in [2.75, 3.05) is 18.1 Å². The Balaban J connectivity index is 1.64. The number of urea groups is 1. The zero-order valence-electron chi connectivity index (χ0n) is 14.0. The summed E-state index contributed by atoms with van der Waals surface area (Å²) in [6, 6.07) is 0.108. The highest BCUT2D eigenvalue weighted by Crippen LogP contribution is 2.38. The van der Waals surface area contributed by atoms with Crippen LogP contribution in [0.5, 0.6) is 0 Å². The molecule has 2 aliphatic heterocycles. The highest BCUT2D eigenvalue weighted by molar-refractivity contribution is 7.99. The Kier molecular flexibility index (Phi) is 5.67. The zero-order valence-corrected chi connectivity index (χ0v) is 14.8. The van der Waals surface area contributed by atoms with Gasteiger partial charge in [-0.2, -0.15) is 11.8 Å². The second-order valence-electron chi connectivity index (χ2n) is 6.58. The number of amides is 2. The van der Waals surface area contributed by atoms with E-state index in [1.165, 1.54) is 0 Å². The Bertz CT molecular complexity index is 697. The number of rotatable bonds is 4. The van der Waals surface area contributed by atoms with Gasteiger partial charge >= 0.3 is 12.0 Å². The van der Waals surface area contributed by atoms with Gasteiger partial charge in [-0.05, 0) is 31.1 Å². The Labute approximate surface area is 153 Å². The van der Waals surface area contributed by atoms with E-state index >= 15 is 0 Å². The number of benzene rings is 1. The summed E-state index contributed by atoms with van der Waals surface area (Å²) in [6.45, 7) is 0.528. The molecule has 0 aromatic heterocycles. The normalized spacial score (nSPS) is 26.5. The van der Waals surface area contributed by atoms with Crippen molar-refractivity contribution < 1.29 is 28.2 Å². The van der Waals surface area contributed by atoms with Crippen LogP contribution in [0, 0.1) is 11.6 Å². The molecule has 3 rings (SSSR count). The fraction of sp³-hybridized carbons (Fsp3) is 0.529. The van der Waals surface area contributed by atoms with Crippen LogP contribution in [-0.4, -0.2) is 46.9 Å². The van der Waals surface area contributed by atoms with E-state index in [4.69, 9.17) is 4.74 Å². The monoisotopic (exact) mass is 386 g/mol. The van der Waals surface area contributed by atoms with Crippen LogP contribution in [-0.2, 0) is 9.53 Å². The van der Waals surface area contributed by atoms with Gasteiger partial charge < -0.3 is 20.5 Å². The molecule has 2 amide bonds.